The molecule has 1 aliphatic rings. The summed E-state index contributed by atoms with van der Waals surface area (Å²) in [6.45, 7) is 0. The Morgan fingerprint density at radius 2 is 1.48 bits per heavy atom. The number of imidazole rings is 2. The molecule has 1 aliphatic carbocycles. The molecule has 0 saturated heterocycles. The van der Waals surface area contributed by atoms with Gasteiger partial charge in [0, 0.05) is 24.5 Å². The van der Waals surface area contributed by atoms with Crippen molar-refractivity contribution in [1.82, 2.24) is 29.1 Å². The smallest absolute Gasteiger partial charge is 0.164 e. The largest absolute Gasteiger partial charge is 0.287 e. The summed E-state index contributed by atoms with van der Waals surface area (Å²) in [5.74, 6) is 0. The third-order valence-corrected chi connectivity index (χ3v) is 4.25. The third kappa shape index (κ3) is 2.27. The Hall–Kier alpha value is -3.54. The topological polar surface area (TPSA) is 61.4 Å². The van der Waals surface area contributed by atoms with Crippen LogP contribution in [0.25, 0.3) is 33.7 Å². The Morgan fingerprint density at radius 3 is 2.24 bits per heavy atom. The molecule has 0 saturated carbocycles. The number of hydrogen-bond donors (Lipinski definition) is 0. The van der Waals surface area contributed by atoms with Gasteiger partial charge in [0.1, 0.15) is 23.7 Å². The fourth-order valence-electron chi connectivity index (χ4n) is 3.05. The van der Waals surface area contributed by atoms with Crippen LogP contribution in [0.3, 0.4) is 0 Å². The lowest BCUT2D eigenvalue weighted by Crippen LogP contribution is -1.99. The number of allylic oxidation sites excluding steroid dienone is 6. The molecule has 0 unspecified atom stereocenters. The molecule has 25 heavy (non-hydrogen) atoms. The van der Waals surface area contributed by atoms with E-state index in [2.05, 4.69) is 44.2 Å². The van der Waals surface area contributed by atoms with E-state index in [-0.39, 0.29) is 0 Å². The van der Waals surface area contributed by atoms with E-state index in [1.54, 1.807) is 18.7 Å². The van der Waals surface area contributed by atoms with Crippen LogP contribution in [0.5, 0.6) is 0 Å². The van der Waals surface area contributed by atoms with Gasteiger partial charge < -0.3 is 0 Å². The summed E-state index contributed by atoms with van der Waals surface area (Å²) in [6, 6.07) is 7.72. The van der Waals surface area contributed by atoms with E-state index in [4.69, 9.17) is 0 Å². The van der Waals surface area contributed by atoms with Crippen molar-refractivity contribution >= 4 is 33.7 Å². The van der Waals surface area contributed by atoms with Crippen molar-refractivity contribution in [3.05, 3.63) is 73.6 Å². The fraction of sp³-hybridized carbons (Fsp3) is 0.0526. The first-order chi connectivity index (χ1) is 12.4. The van der Waals surface area contributed by atoms with E-state index in [1.165, 1.54) is 0 Å². The molecule has 4 aromatic heterocycles. The SMILES string of the molecule is C1=CCC(n2cnc3cccnc32)=CC(n2cnc3cccnc32)=C1. The quantitative estimate of drug-likeness (QED) is 0.565. The average molecular weight is 326 g/mol. The van der Waals surface area contributed by atoms with Crippen molar-refractivity contribution in [1.29, 1.82) is 0 Å². The molecule has 0 fully saturated rings. The van der Waals surface area contributed by atoms with Gasteiger partial charge >= 0.3 is 0 Å². The summed E-state index contributed by atoms with van der Waals surface area (Å²) < 4.78 is 4.03. The predicted molar refractivity (Wildman–Crippen MR) is 97.4 cm³/mol. The Bertz CT molecular complexity index is 1170. The van der Waals surface area contributed by atoms with Gasteiger partial charge in [-0.2, -0.15) is 0 Å². The van der Waals surface area contributed by atoms with Crippen LogP contribution in [-0.2, 0) is 0 Å². The maximum Gasteiger partial charge on any atom is 0.164 e. The summed E-state index contributed by atoms with van der Waals surface area (Å²) in [7, 11) is 0. The van der Waals surface area contributed by atoms with E-state index < -0.39 is 0 Å². The lowest BCUT2D eigenvalue weighted by molar-refractivity contribution is 1.04. The van der Waals surface area contributed by atoms with Crippen molar-refractivity contribution in [2.24, 2.45) is 0 Å². The zero-order chi connectivity index (χ0) is 16.6. The molecule has 5 rings (SSSR count). The number of pyridine rings is 2. The molecule has 4 aromatic rings. The molecule has 0 spiro atoms. The molecule has 120 valence electrons. The maximum atomic E-state index is 4.47. The Labute approximate surface area is 143 Å². The van der Waals surface area contributed by atoms with Gasteiger partial charge in [0.15, 0.2) is 11.3 Å². The van der Waals surface area contributed by atoms with Gasteiger partial charge in [-0.25, -0.2) is 19.9 Å². The van der Waals surface area contributed by atoms with E-state index in [1.807, 2.05) is 39.7 Å². The second-order valence-electron chi connectivity index (χ2n) is 5.78. The number of nitrogens with zero attached hydrogens (tertiary/aromatic N) is 6. The monoisotopic (exact) mass is 326 g/mol. The summed E-state index contributed by atoms with van der Waals surface area (Å²) in [4.78, 5) is 17.8. The Kier molecular flexibility index (Phi) is 3.06. The second-order valence-corrected chi connectivity index (χ2v) is 5.78. The van der Waals surface area contributed by atoms with Crippen LogP contribution in [0.4, 0.5) is 0 Å². The van der Waals surface area contributed by atoms with Crippen LogP contribution < -0.4 is 0 Å². The van der Waals surface area contributed by atoms with Crippen LogP contribution in [0.1, 0.15) is 6.42 Å². The Balaban J connectivity index is 1.67. The molecular weight excluding hydrogens is 312 g/mol. The van der Waals surface area contributed by atoms with Gasteiger partial charge in [-0.1, -0.05) is 12.2 Å². The molecule has 4 heterocycles. The van der Waals surface area contributed by atoms with Crippen molar-refractivity contribution in [3.8, 4) is 0 Å². The minimum Gasteiger partial charge on any atom is -0.287 e. The number of rotatable bonds is 2. The normalized spacial score (nSPS) is 14.6. The first-order valence-electron chi connectivity index (χ1n) is 8.04. The third-order valence-electron chi connectivity index (χ3n) is 4.25. The van der Waals surface area contributed by atoms with Gasteiger partial charge in [0.2, 0.25) is 0 Å². The highest BCUT2D eigenvalue weighted by Gasteiger charge is 2.12. The molecule has 0 amide bonds. The van der Waals surface area contributed by atoms with Crippen molar-refractivity contribution in [2.45, 2.75) is 6.42 Å². The lowest BCUT2D eigenvalue weighted by Gasteiger charge is -2.09. The van der Waals surface area contributed by atoms with Crippen molar-refractivity contribution in [3.63, 3.8) is 0 Å². The molecule has 0 atom stereocenters. The standard InChI is InChI=1S/C19H14N6/c1-2-6-15(25-13-23-17-8-4-10-21-19(17)25)11-14(5-1)24-12-22-16-7-3-9-20-18(16)24/h1-5,7-13H,6H2. The van der Waals surface area contributed by atoms with E-state index in [9.17, 15) is 0 Å². The van der Waals surface area contributed by atoms with Crippen LogP contribution in [0.2, 0.25) is 0 Å². The lowest BCUT2D eigenvalue weighted by atomic mass is 10.2. The van der Waals surface area contributed by atoms with Gasteiger partial charge in [0.25, 0.3) is 0 Å². The summed E-state index contributed by atoms with van der Waals surface area (Å²) in [5.41, 5.74) is 5.56. The van der Waals surface area contributed by atoms with Gasteiger partial charge in [-0.05, 0) is 36.4 Å². The highest BCUT2D eigenvalue weighted by atomic mass is 15.1. The minimum atomic E-state index is 0.794. The van der Waals surface area contributed by atoms with E-state index in [0.29, 0.717) is 0 Å². The number of fused-ring (bicyclic) bond motifs is 2. The summed E-state index contributed by atoms with van der Waals surface area (Å²) in [6.07, 6.45) is 16.4. The van der Waals surface area contributed by atoms with Crippen LogP contribution in [0, 0.1) is 0 Å². The molecule has 0 bridgehead atoms. The highest BCUT2D eigenvalue weighted by Crippen LogP contribution is 2.25. The molecule has 6 heteroatoms. The zero-order valence-corrected chi connectivity index (χ0v) is 13.3. The predicted octanol–water partition coefficient (Wildman–Crippen LogP) is 3.52. The summed E-state index contributed by atoms with van der Waals surface area (Å²) >= 11 is 0. The fourth-order valence-corrected chi connectivity index (χ4v) is 3.05. The van der Waals surface area contributed by atoms with Crippen LogP contribution in [0.15, 0.2) is 73.6 Å². The highest BCUT2D eigenvalue weighted by molar-refractivity contribution is 5.82. The van der Waals surface area contributed by atoms with Gasteiger partial charge in [-0.15, -0.1) is 0 Å². The van der Waals surface area contributed by atoms with Crippen molar-refractivity contribution in [2.75, 3.05) is 0 Å². The average Bonchev–Trinajstić information content (AvgIpc) is 3.20. The molecule has 0 aromatic carbocycles. The van der Waals surface area contributed by atoms with Gasteiger partial charge in [0.05, 0.1) is 5.70 Å². The number of hydrogen-bond acceptors (Lipinski definition) is 4. The first kappa shape index (κ1) is 13.9. The summed E-state index contributed by atoms with van der Waals surface area (Å²) in [5, 5.41) is 0. The second kappa shape index (κ2) is 5.52. The number of aromatic nitrogens is 6. The van der Waals surface area contributed by atoms with E-state index in [0.717, 1.165) is 40.1 Å². The first-order valence-corrected chi connectivity index (χ1v) is 8.04. The molecule has 0 aliphatic heterocycles. The maximum absolute atomic E-state index is 4.47. The van der Waals surface area contributed by atoms with Crippen LogP contribution >= 0.6 is 0 Å². The van der Waals surface area contributed by atoms with Gasteiger partial charge in [-0.3, -0.25) is 9.13 Å². The molecule has 0 radical (unpaired) electrons. The Morgan fingerprint density at radius 1 is 0.800 bits per heavy atom. The minimum absolute atomic E-state index is 0.794. The molecular formula is C19H14N6. The zero-order valence-electron chi connectivity index (χ0n) is 13.3. The van der Waals surface area contributed by atoms with Crippen molar-refractivity contribution < 1.29 is 0 Å². The van der Waals surface area contributed by atoms with E-state index >= 15 is 0 Å². The molecule has 0 N–H and O–H groups in total. The van der Waals surface area contributed by atoms with Crippen LogP contribution in [-0.4, -0.2) is 29.1 Å². The molecule has 6 nitrogen and oxygen atoms in total.